The van der Waals surface area contributed by atoms with E-state index in [0.29, 0.717) is 24.9 Å². The molecule has 0 radical (unpaired) electrons. The summed E-state index contributed by atoms with van der Waals surface area (Å²) in [7, 11) is 0. The number of ether oxygens (including phenoxy) is 1. The number of thiophene rings is 1. The van der Waals surface area contributed by atoms with Gasteiger partial charge < -0.3 is 30.2 Å². The molecule has 1 aliphatic rings. The predicted octanol–water partition coefficient (Wildman–Crippen LogP) is 3.21. The number of fused-ring (bicyclic) bond motifs is 2. The van der Waals surface area contributed by atoms with Gasteiger partial charge in [-0.15, -0.1) is 11.3 Å². The molecule has 1 unspecified atom stereocenters. The summed E-state index contributed by atoms with van der Waals surface area (Å²) in [5, 5.41) is 22.6. The smallest absolute Gasteiger partial charge is 0.163 e. The van der Waals surface area contributed by atoms with Crippen LogP contribution in [0.5, 0.6) is 0 Å². The maximum Gasteiger partial charge on any atom is 0.163 e. The Morgan fingerprint density at radius 1 is 1.14 bits per heavy atom. The summed E-state index contributed by atoms with van der Waals surface area (Å²) >= 11 is 1.67. The maximum absolute atomic E-state index is 9.58. The third-order valence-corrected chi connectivity index (χ3v) is 7.80. The fraction of sp³-hybridized carbons (Fsp3) is 0.308. The first-order valence-electron chi connectivity index (χ1n) is 12.2. The Morgan fingerprint density at radius 3 is 2.76 bits per heavy atom. The zero-order valence-corrected chi connectivity index (χ0v) is 21.1. The monoisotopic (exact) mass is 517 g/mol. The molecule has 0 aliphatic carbocycles. The summed E-state index contributed by atoms with van der Waals surface area (Å²) < 4.78 is 6.64. The van der Waals surface area contributed by atoms with Crippen molar-refractivity contribution >= 4 is 44.2 Å². The van der Waals surface area contributed by atoms with E-state index in [1.807, 2.05) is 36.8 Å². The molecular weight excluding hydrogens is 490 g/mol. The second-order valence-corrected chi connectivity index (χ2v) is 10.0. The first kappa shape index (κ1) is 23.7. The van der Waals surface area contributed by atoms with Crippen LogP contribution in [0.3, 0.4) is 0 Å². The fourth-order valence-electron chi connectivity index (χ4n) is 4.45. The average Bonchev–Trinajstić information content (AvgIpc) is 3.56. The van der Waals surface area contributed by atoms with Crippen molar-refractivity contribution < 1.29 is 14.9 Å². The van der Waals surface area contributed by atoms with Crippen LogP contribution in [0.4, 0.5) is 11.6 Å². The molecule has 5 aromatic heterocycles. The fourth-order valence-corrected chi connectivity index (χ4v) is 5.70. The van der Waals surface area contributed by atoms with Gasteiger partial charge in [0.2, 0.25) is 0 Å². The molecule has 10 nitrogen and oxygen atoms in total. The lowest BCUT2D eigenvalue weighted by Gasteiger charge is -2.28. The molecule has 0 spiro atoms. The van der Waals surface area contributed by atoms with Crippen LogP contribution in [-0.4, -0.2) is 80.7 Å². The minimum absolute atomic E-state index is 0.232. The quantitative estimate of drug-likeness (QED) is 0.257. The van der Waals surface area contributed by atoms with Crippen molar-refractivity contribution in [2.75, 3.05) is 49.7 Å². The molecule has 4 N–H and O–H groups in total. The molecule has 6 heterocycles. The molecule has 6 rings (SSSR count). The minimum Gasteiger partial charge on any atom is -0.394 e. The van der Waals surface area contributed by atoms with Gasteiger partial charge in [-0.1, -0.05) is 0 Å². The molecular formula is C26H27N7O3S. The van der Waals surface area contributed by atoms with E-state index in [0.717, 1.165) is 61.7 Å². The van der Waals surface area contributed by atoms with E-state index in [9.17, 15) is 5.11 Å². The van der Waals surface area contributed by atoms with Crippen molar-refractivity contribution in [2.24, 2.45) is 0 Å². The number of H-pyrrole nitrogens is 1. The van der Waals surface area contributed by atoms with E-state index in [4.69, 9.17) is 19.8 Å². The number of aliphatic hydroxyl groups excluding tert-OH is 2. The summed E-state index contributed by atoms with van der Waals surface area (Å²) in [6.07, 6.45) is 4.68. The van der Waals surface area contributed by atoms with Gasteiger partial charge in [-0.25, -0.2) is 19.9 Å². The highest BCUT2D eigenvalue weighted by atomic mass is 32.1. The van der Waals surface area contributed by atoms with Crippen molar-refractivity contribution in [1.29, 1.82) is 0 Å². The third kappa shape index (κ3) is 4.62. The van der Waals surface area contributed by atoms with Crippen LogP contribution in [-0.2, 0) is 4.74 Å². The first-order chi connectivity index (χ1) is 18.1. The maximum atomic E-state index is 9.58. The Bertz CT molecular complexity index is 1540. The number of aliphatic hydroxyl groups is 2. The zero-order chi connectivity index (χ0) is 25.4. The van der Waals surface area contributed by atoms with Gasteiger partial charge in [-0.05, 0) is 36.8 Å². The van der Waals surface area contributed by atoms with Gasteiger partial charge in [0.25, 0.3) is 0 Å². The number of morpholine rings is 1. The summed E-state index contributed by atoms with van der Waals surface area (Å²) in [4.78, 5) is 25.6. The predicted molar refractivity (Wildman–Crippen MR) is 145 cm³/mol. The molecule has 11 heteroatoms. The van der Waals surface area contributed by atoms with Crippen molar-refractivity contribution in [3.05, 3.63) is 48.4 Å². The van der Waals surface area contributed by atoms with Crippen LogP contribution in [0.15, 0.2) is 42.9 Å². The summed E-state index contributed by atoms with van der Waals surface area (Å²) in [5.41, 5.74) is 4.70. The number of hydrogen-bond donors (Lipinski definition) is 4. The molecule has 0 amide bonds. The van der Waals surface area contributed by atoms with E-state index in [2.05, 4.69) is 38.2 Å². The Balaban J connectivity index is 1.43. The van der Waals surface area contributed by atoms with Gasteiger partial charge in [0, 0.05) is 59.6 Å². The molecule has 0 aromatic carbocycles. The molecule has 1 saturated heterocycles. The Kier molecular flexibility index (Phi) is 6.43. The lowest BCUT2D eigenvalue weighted by atomic mass is 10.1. The summed E-state index contributed by atoms with van der Waals surface area (Å²) in [6, 6.07) is 7.94. The van der Waals surface area contributed by atoms with Crippen LogP contribution in [0, 0.1) is 6.92 Å². The SMILES string of the molecule is Cc1c(-c2ccc(NCC(O)CO)nc2)sc2c(N3CCOCC3)nc(-c3cnc4[nH]ccc4c3)nc12. The Labute approximate surface area is 217 Å². The number of aryl methyl sites for hydroxylation is 1. The first-order valence-corrected chi connectivity index (χ1v) is 13.0. The number of aromatic nitrogens is 5. The summed E-state index contributed by atoms with van der Waals surface area (Å²) in [5.74, 6) is 2.21. The third-order valence-electron chi connectivity index (χ3n) is 6.47. The molecule has 0 bridgehead atoms. The van der Waals surface area contributed by atoms with Crippen LogP contribution < -0.4 is 10.2 Å². The zero-order valence-electron chi connectivity index (χ0n) is 20.3. The molecule has 190 valence electrons. The van der Waals surface area contributed by atoms with E-state index < -0.39 is 6.10 Å². The number of nitrogens with one attached hydrogen (secondary N) is 2. The molecule has 5 aromatic rings. The Hall–Kier alpha value is -3.64. The number of pyridine rings is 2. The van der Waals surface area contributed by atoms with Gasteiger partial charge in [-0.2, -0.15) is 0 Å². The lowest BCUT2D eigenvalue weighted by Crippen LogP contribution is -2.36. The van der Waals surface area contributed by atoms with Crippen molar-refractivity contribution in [3.63, 3.8) is 0 Å². The van der Waals surface area contributed by atoms with Gasteiger partial charge in [0.05, 0.1) is 36.1 Å². The standard InChI is InChI=1S/C26H27N7O3S/c1-15-21-23(37-22(15)17-2-3-20(28-11-17)29-13-19(35)14-34)26(33-6-8-36-9-7-33)32-25(31-21)18-10-16-4-5-27-24(16)30-12-18/h2-5,10-12,19,34-35H,6-9,13-14H2,1H3,(H,27,30)(H,28,29). The molecule has 1 atom stereocenters. The van der Waals surface area contributed by atoms with E-state index in [-0.39, 0.29) is 13.2 Å². The number of rotatable bonds is 7. The van der Waals surface area contributed by atoms with Gasteiger partial charge in [-0.3, -0.25) is 0 Å². The van der Waals surface area contributed by atoms with E-state index in [1.165, 1.54) is 0 Å². The minimum atomic E-state index is -0.828. The summed E-state index contributed by atoms with van der Waals surface area (Å²) in [6.45, 7) is 4.90. The molecule has 1 aliphatic heterocycles. The number of aromatic amines is 1. The second kappa shape index (κ2) is 10.0. The second-order valence-electron chi connectivity index (χ2n) is 8.99. The van der Waals surface area contributed by atoms with Crippen molar-refractivity contribution in [1.82, 2.24) is 24.9 Å². The Morgan fingerprint density at radius 2 is 1.97 bits per heavy atom. The molecule has 37 heavy (non-hydrogen) atoms. The van der Waals surface area contributed by atoms with E-state index >= 15 is 0 Å². The van der Waals surface area contributed by atoms with Gasteiger partial charge in [0.1, 0.15) is 11.5 Å². The van der Waals surface area contributed by atoms with Crippen LogP contribution in [0.2, 0.25) is 0 Å². The largest absolute Gasteiger partial charge is 0.394 e. The number of nitrogens with zero attached hydrogens (tertiary/aromatic N) is 5. The van der Waals surface area contributed by atoms with Crippen LogP contribution in [0.25, 0.3) is 43.1 Å². The number of anilines is 2. The van der Waals surface area contributed by atoms with Gasteiger partial charge >= 0.3 is 0 Å². The molecule has 1 fully saturated rings. The van der Waals surface area contributed by atoms with Crippen LogP contribution in [0.1, 0.15) is 5.56 Å². The number of hydrogen-bond acceptors (Lipinski definition) is 10. The normalized spacial score (nSPS) is 14.9. The van der Waals surface area contributed by atoms with Crippen molar-refractivity contribution in [3.8, 4) is 21.8 Å². The average molecular weight is 518 g/mol. The highest BCUT2D eigenvalue weighted by Crippen LogP contribution is 2.42. The van der Waals surface area contributed by atoms with Crippen LogP contribution >= 0.6 is 11.3 Å². The van der Waals surface area contributed by atoms with Crippen molar-refractivity contribution in [2.45, 2.75) is 13.0 Å². The lowest BCUT2D eigenvalue weighted by molar-refractivity contribution is 0.105. The highest BCUT2D eigenvalue weighted by Gasteiger charge is 2.23. The molecule has 0 saturated carbocycles. The van der Waals surface area contributed by atoms with E-state index in [1.54, 1.807) is 11.3 Å². The topological polar surface area (TPSA) is 132 Å². The van der Waals surface area contributed by atoms with Gasteiger partial charge in [0.15, 0.2) is 11.6 Å². The highest BCUT2D eigenvalue weighted by molar-refractivity contribution is 7.23.